The molecule has 1 aliphatic heterocycles. The fourth-order valence-corrected chi connectivity index (χ4v) is 3.86. The van der Waals surface area contributed by atoms with E-state index in [2.05, 4.69) is 18.9 Å². The molecule has 2 rings (SSSR count). The smallest absolute Gasteiger partial charge is 0.0556 e. The summed E-state index contributed by atoms with van der Waals surface area (Å²) >= 11 is 0. The van der Waals surface area contributed by atoms with Gasteiger partial charge in [-0.15, -0.1) is 0 Å². The number of ether oxygens (including phenoxy) is 1. The number of aliphatic hydroxyl groups excluding tert-OH is 1. The van der Waals surface area contributed by atoms with Crippen molar-refractivity contribution >= 4 is 0 Å². The molecule has 1 saturated heterocycles. The van der Waals surface area contributed by atoms with Gasteiger partial charge in [0, 0.05) is 24.6 Å². The van der Waals surface area contributed by atoms with Crippen molar-refractivity contribution in [2.45, 2.75) is 57.9 Å². The van der Waals surface area contributed by atoms with E-state index in [1.807, 2.05) is 0 Å². The van der Waals surface area contributed by atoms with Gasteiger partial charge in [-0.1, -0.05) is 13.3 Å². The van der Waals surface area contributed by atoms with E-state index in [4.69, 9.17) is 4.74 Å². The minimum Gasteiger partial charge on any atom is -0.396 e. The topological polar surface area (TPSA) is 32.7 Å². The molecular formula is C16H31NO2. The first kappa shape index (κ1) is 15.3. The second-order valence-corrected chi connectivity index (χ2v) is 6.81. The molecule has 0 bridgehead atoms. The van der Waals surface area contributed by atoms with Gasteiger partial charge in [-0.3, -0.25) is 0 Å². The lowest BCUT2D eigenvalue weighted by Crippen LogP contribution is -2.48. The fourth-order valence-electron chi connectivity index (χ4n) is 3.86. The Kier molecular flexibility index (Phi) is 5.67. The summed E-state index contributed by atoms with van der Waals surface area (Å²) in [5.74, 6) is 0.953. The van der Waals surface area contributed by atoms with Crippen LogP contribution in [0.3, 0.4) is 0 Å². The van der Waals surface area contributed by atoms with Gasteiger partial charge in [-0.2, -0.15) is 0 Å². The fraction of sp³-hybridized carbons (Fsp3) is 1.00. The second kappa shape index (κ2) is 7.05. The zero-order valence-electron chi connectivity index (χ0n) is 12.7. The van der Waals surface area contributed by atoms with Gasteiger partial charge in [0.25, 0.3) is 0 Å². The summed E-state index contributed by atoms with van der Waals surface area (Å²) in [5, 5.41) is 9.76. The SMILES string of the molecule is CCC1CCC(N(C)CC2(CO)CCCOC2)CC1. The summed E-state index contributed by atoms with van der Waals surface area (Å²) in [6.07, 6.45) is 8.97. The van der Waals surface area contributed by atoms with E-state index >= 15 is 0 Å². The monoisotopic (exact) mass is 269 g/mol. The summed E-state index contributed by atoms with van der Waals surface area (Å²) in [5.41, 5.74) is -0.00535. The van der Waals surface area contributed by atoms with Gasteiger partial charge >= 0.3 is 0 Å². The number of hydrogen-bond donors (Lipinski definition) is 1. The largest absolute Gasteiger partial charge is 0.396 e. The maximum Gasteiger partial charge on any atom is 0.0556 e. The minimum absolute atomic E-state index is 0.00535. The molecule has 1 saturated carbocycles. The first-order chi connectivity index (χ1) is 9.19. The Morgan fingerprint density at radius 2 is 2.00 bits per heavy atom. The van der Waals surface area contributed by atoms with Crippen molar-refractivity contribution in [3.8, 4) is 0 Å². The molecule has 112 valence electrons. The lowest BCUT2D eigenvalue weighted by Gasteiger charge is -2.42. The number of aliphatic hydroxyl groups is 1. The summed E-state index contributed by atoms with van der Waals surface area (Å²) in [6.45, 7) is 5.17. The highest BCUT2D eigenvalue weighted by Crippen LogP contribution is 2.33. The lowest BCUT2D eigenvalue weighted by atomic mass is 9.80. The number of nitrogens with zero attached hydrogens (tertiary/aromatic N) is 1. The third kappa shape index (κ3) is 3.93. The van der Waals surface area contributed by atoms with E-state index in [0.29, 0.717) is 6.04 Å². The molecular weight excluding hydrogens is 238 g/mol. The molecule has 3 heteroatoms. The second-order valence-electron chi connectivity index (χ2n) is 6.81. The van der Waals surface area contributed by atoms with Gasteiger partial charge < -0.3 is 14.7 Å². The summed E-state index contributed by atoms with van der Waals surface area (Å²) in [7, 11) is 2.24. The molecule has 1 aliphatic carbocycles. The standard InChI is InChI=1S/C16H31NO2/c1-3-14-5-7-15(8-6-14)17(2)11-16(12-18)9-4-10-19-13-16/h14-15,18H,3-13H2,1-2H3. The van der Waals surface area contributed by atoms with Crippen LogP contribution < -0.4 is 0 Å². The maximum atomic E-state index is 9.76. The van der Waals surface area contributed by atoms with Crippen LogP contribution >= 0.6 is 0 Å². The van der Waals surface area contributed by atoms with Crippen LogP contribution in [0.4, 0.5) is 0 Å². The minimum atomic E-state index is -0.00535. The molecule has 2 fully saturated rings. The summed E-state index contributed by atoms with van der Waals surface area (Å²) < 4.78 is 5.61. The van der Waals surface area contributed by atoms with Crippen LogP contribution in [0.25, 0.3) is 0 Å². The molecule has 19 heavy (non-hydrogen) atoms. The van der Waals surface area contributed by atoms with E-state index in [1.165, 1.54) is 32.1 Å². The predicted octanol–water partition coefficient (Wildman–Crippen LogP) is 2.68. The Morgan fingerprint density at radius 1 is 1.26 bits per heavy atom. The molecule has 3 nitrogen and oxygen atoms in total. The zero-order valence-corrected chi connectivity index (χ0v) is 12.7. The zero-order chi connectivity index (χ0) is 13.7. The van der Waals surface area contributed by atoms with Gasteiger partial charge in [-0.05, 0) is 51.5 Å². The number of hydrogen-bond acceptors (Lipinski definition) is 3. The molecule has 1 N–H and O–H groups in total. The lowest BCUT2D eigenvalue weighted by molar-refractivity contribution is -0.0593. The van der Waals surface area contributed by atoms with Crippen molar-refractivity contribution in [3.63, 3.8) is 0 Å². The summed E-state index contributed by atoms with van der Waals surface area (Å²) in [4.78, 5) is 2.50. The van der Waals surface area contributed by atoms with Gasteiger partial charge in [0.2, 0.25) is 0 Å². The Bertz CT molecular complexity index is 255. The molecule has 1 unspecified atom stereocenters. The van der Waals surface area contributed by atoms with Crippen molar-refractivity contribution in [1.29, 1.82) is 0 Å². The van der Waals surface area contributed by atoms with Crippen molar-refractivity contribution in [3.05, 3.63) is 0 Å². The Hall–Kier alpha value is -0.120. The first-order valence-corrected chi connectivity index (χ1v) is 8.08. The highest BCUT2D eigenvalue weighted by molar-refractivity contribution is 4.87. The molecule has 0 aromatic heterocycles. The van der Waals surface area contributed by atoms with Crippen LogP contribution in [-0.2, 0) is 4.74 Å². The number of rotatable bonds is 5. The summed E-state index contributed by atoms with van der Waals surface area (Å²) in [6, 6.07) is 0.716. The highest BCUT2D eigenvalue weighted by atomic mass is 16.5. The van der Waals surface area contributed by atoms with Crippen molar-refractivity contribution in [2.75, 3.05) is 33.4 Å². The van der Waals surface area contributed by atoms with Gasteiger partial charge in [0.05, 0.1) is 13.2 Å². The van der Waals surface area contributed by atoms with Crippen molar-refractivity contribution < 1.29 is 9.84 Å². The van der Waals surface area contributed by atoms with Gasteiger partial charge in [-0.25, -0.2) is 0 Å². The van der Waals surface area contributed by atoms with Crippen LogP contribution in [0.1, 0.15) is 51.9 Å². The Balaban J connectivity index is 1.84. The van der Waals surface area contributed by atoms with E-state index in [9.17, 15) is 5.11 Å². The quantitative estimate of drug-likeness (QED) is 0.833. The van der Waals surface area contributed by atoms with Crippen LogP contribution in [0.15, 0.2) is 0 Å². The maximum absolute atomic E-state index is 9.76. The molecule has 0 radical (unpaired) electrons. The predicted molar refractivity (Wildman–Crippen MR) is 78.2 cm³/mol. The van der Waals surface area contributed by atoms with E-state index in [0.717, 1.165) is 38.5 Å². The average Bonchev–Trinajstić information content (AvgIpc) is 2.48. The van der Waals surface area contributed by atoms with Crippen LogP contribution in [-0.4, -0.2) is 49.5 Å². The van der Waals surface area contributed by atoms with Crippen LogP contribution in [0.5, 0.6) is 0 Å². The van der Waals surface area contributed by atoms with E-state index in [1.54, 1.807) is 0 Å². The first-order valence-electron chi connectivity index (χ1n) is 8.08. The molecule has 0 aromatic carbocycles. The molecule has 1 heterocycles. The third-order valence-electron chi connectivity index (χ3n) is 5.34. The highest BCUT2D eigenvalue weighted by Gasteiger charge is 2.35. The van der Waals surface area contributed by atoms with Crippen molar-refractivity contribution in [1.82, 2.24) is 4.90 Å². The molecule has 0 aromatic rings. The van der Waals surface area contributed by atoms with Gasteiger partial charge in [0.1, 0.15) is 0 Å². The van der Waals surface area contributed by atoms with Crippen LogP contribution in [0, 0.1) is 11.3 Å². The molecule has 0 spiro atoms. The Morgan fingerprint density at radius 3 is 2.53 bits per heavy atom. The molecule has 0 amide bonds. The third-order valence-corrected chi connectivity index (χ3v) is 5.34. The Labute approximate surface area is 118 Å². The molecule has 2 aliphatic rings. The van der Waals surface area contributed by atoms with E-state index < -0.39 is 0 Å². The van der Waals surface area contributed by atoms with Gasteiger partial charge in [0.15, 0.2) is 0 Å². The normalized spacial score (nSPS) is 36.6. The molecule has 1 atom stereocenters. The van der Waals surface area contributed by atoms with Crippen LogP contribution in [0.2, 0.25) is 0 Å². The average molecular weight is 269 g/mol. The van der Waals surface area contributed by atoms with Crippen molar-refractivity contribution in [2.24, 2.45) is 11.3 Å². The van der Waals surface area contributed by atoms with E-state index in [-0.39, 0.29) is 12.0 Å².